The van der Waals surface area contributed by atoms with Gasteiger partial charge < -0.3 is 14.3 Å². The van der Waals surface area contributed by atoms with Crippen molar-refractivity contribution in [2.75, 3.05) is 14.0 Å². The molecule has 0 aliphatic rings. The van der Waals surface area contributed by atoms with Gasteiger partial charge in [0, 0.05) is 22.8 Å². The number of ether oxygens (including phenoxy) is 2. The van der Waals surface area contributed by atoms with Gasteiger partial charge in [0.25, 0.3) is 6.86 Å². The summed E-state index contributed by atoms with van der Waals surface area (Å²) in [6.07, 6.45) is 1.75. The molecule has 0 amide bonds. The number of carbonyl (C=O) groups is 1. The number of carbonyl (C=O) groups excluding carboxylic acids is 1. The first kappa shape index (κ1) is 20.3. The lowest BCUT2D eigenvalue weighted by Gasteiger charge is -2.10. The highest BCUT2D eigenvalue weighted by Gasteiger charge is 2.19. The predicted molar refractivity (Wildman–Crippen MR) is 105 cm³/mol. The Kier molecular flexibility index (Phi) is 6.80. The van der Waals surface area contributed by atoms with E-state index >= 15 is 0 Å². The van der Waals surface area contributed by atoms with E-state index in [4.69, 9.17) is 21.1 Å². The molecular formula is C20H17ClFN3O4. The Labute approximate surface area is 171 Å². The van der Waals surface area contributed by atoms with Crippen LogP contribution in [-0.4, -0.2) is 35.4 Å². The maximum atomic E-state index is 12.3. The number of hydrogen-bond donors (Lipinski definition) is 0. The number of hydrogen-bond acceptors (Lipinski definition) is 6. The monoisotopic (exact) mass is 417 g/mol. The van der Waals surface area contributed by atoms with E-state index in [2.05, 4.69) is 15.1 Å². The van der Waals surface area contributed by atoms with E-state index in [0.29, 0.717) is 22.0 Å². The molecule has 0 N–H and O–H groups in total. The van der Waals surface area contributed by atoms with Crippen LogP contribution in [0.3, 0.4) is 0 Å². The van der Waals surface area contributed by atoms with Crippen molar-refractivity contribution in [3.8, 4) is 11.6 Å². The number of oxime groups is 1. The second-order valence-electron chi connectivity index (χ2n) is 5.69. The largest absolute Gasteiger partial charge is 0.472 e. The van der Waals surface area contributed by atoms with E-state index in [9.17, 15) is 9.18 Å². The van der Waals surface area contributed by atoms with Gasteiger partial charge in [-0.1, -0.05) is 41.0 Å². The molecule has 0 bridgehead atoms. The minimum Gasteiger partial charge on any atom is -0.472 e. The zero-order chi connectivity index (χ0) is 20.6. The van der Waals surface area contributed by atoms with Gasteiger partial charge in [-0.3, -0.25) is 0 Å². The summed E-state index contributed by atoms with van der Waals surface area (Å²) in [4.78, 5) is 16.4. The Morgan fingerprint density at radius 3 is 2.66 bits per heavy atom. The molecule has 0 aliphatic heterocycles. The molecule has 7 nitrogen and oxygen atoms in total. The first-order valence-electron chi connectivity index (χ1n) is 8.49. The van der Waals surface area contributed by atoms with Gasteiger partial charge in [0.05, 0.1) is 12.8 Å². The zero-order valence-electron chi connectivity index (χ0n) is 15.4. The van der Waals surface area contributed by atoms with Gasteiger partial charge in [0.2, 0.25) is 5.88 Å². The second kappa shape index (κ2) is 9.70. The van der Waals surface area contributed by atoms with Gasteiger partial charge in [0.1, 0.15) is 6.61 Å². The molecule has 9 heteroatoms. The summed E-state index contributed by atoms with van der Waals surface area (Å²) in [6.45, 7) is -1.07. The van der Waals surface area contributed by atoms with Crippen molar-refractivity contribution in [2.24, 2.45) is 5.16 Å². The molecule has 0 spiro atoms. The van der Waals surface area contributed by atoms with Crippen LogP contribution < -0.4 is 4.74 Å². The normalized spacial score (nSPS) is 11.2. The Bertz CT molecular complexity index is 1000. The third kappa shape index (κ3) is 5.11. The molecule has 3 rings (SSSR count). The molecule has 2 aromatic carbocycles. The van der Waals surface area contributed by atoms with Crippen LogP contribution in [0.2, 0.25) is 5.02 Å². The molecule has 0 aliphatic carbocycles. The fourth-order valence-corrected chi connectivity index (χ4v) is 2.66. The van der Waals surface area contributed by atoms with Gasteiger partial charge in [0.15, 0.2) is 5.71 Å². The first-order chi connectivity index (χ1) is 14.1. The van der Waals surface area contributed by atoms with Crippen molar-refractivity contribution < 1.29 is 23.5 Å². The number of esters is 1. The standard InChI is InChI=1S/C20H17ClFN3O4/c1-27-20(26)19(24-29-13-22)17-5-3-2-4-14(17)12-28-18-10-11-25(23-18)16-8-6-15(21)7-9-16/h2-11H,12-13H2,1H3/b24-19+. The van der Waals surface area contributed by atoms with E-state index in [1.54, 1.807) is 53.3 Å². The third-order valence-electron chi connectivity index (χ3n) is 3.89. The minimum atomic E-state index is -1.17. The number of methoxy groups -OCH3 is 1. The summed E-state index contributed by atoms with van der Waals surface area (Å²) in [5.41, 5.74) is 1.70. The average molecular weight is 418 g/mol. The quantitative estimate of drug-likeness (QED) is 0.315. The van der Waals surface area contributed by atoms with Gasteiger partial charge >= 0.3 is 5.97 Å². The molecule has 0 saturated heterocycles. The Morgan fingerprint density at radius 1 is 1.17 bits per heavy atom. The van der Waals surface area contributed by atoms with Gasteiger partial charge in [-0.15, -0.1) is 5.10 Å². The first-order valence-corrected chi connectivity index (χ1v) is 8.87. The highest BCUT2D eigenvalue weighted by Crippen LogP contribution is 2.18. The SMILES string of the molecule is COC(=O)/C(=N/OCF)c1ccccc1COc1ccn(-c2ccc(Cl)cc2)n1. The van der Waals surface area contributed by atoms with Crippen molar-refractivity contribution >= 4 is 23.3 Å². The summed E-state index contributed by atoms with van der Waals surface area (Å²) in [6, 6.07) is 15.8. The maximum absolute atomic E-state index is 12.3. The molecule has 150 valence electrons. The van der Waals surface area contributed by atoms with E-state index in [1.807, 2.05) is 12.1 Å². The maximum Gasteiger partial charge on any atom is 0.360 e. The number of halogens is 2. The number of benzene rings is 2. The fourth-order valence-electron chi connectivity index (χ4n) is 2.53. The van der Waals surface area contributed by atoms with E-state index < -0.39 is 12.8 Å². The number of rotatable bonds is 8. The fraction of sp³-hybridized carbons (Fsp3) is 0.150. The van der Waals surface area contributed by atoms with Crippen LogP contribution in [0.25, 0.3) is 5.69 Å². The smallest absolute Gasteiger partial charge is 0.360 e. The Balaban J connectivity index is 1.78. The molecule has 3 aromatic rings. The Hall–Kier alpha value is -3.39. The summed E-state index contributed by atoms with van der Waals surface area (Å²) < 4.78 is 24.4. The highest BCUT2D eigenvalue weighted by atomic mass is 35.5. The van der Waals surface area contributed by atoms with Crippen molar-refractivity contribution in [3.63, 3.8) is 0 Å². The van der Waals surface area contributed by atoms with Crippen LogP contribution in [0.4, 0.5) is 4.39 Å². The molecule has 0 unspecified atom stereocenters. The number of alkyl halides is 1. The highest BCUT2D eigenvalue weighted by molar-refractivity contribution is 6.43. The molecule has 1 heterocycles. The van der Waals surface area contributed by atoms with E-state index in [1.165, 1.54) is 7.11 Å². The summed E-state index contributed by atoms with van der Waals surface area (Å²) in [5.74, 6) is -0.371. The van der Waals surface area contributed by atoms with Crippen LogP contribution in [0.15, 0.2) is 65.9 Å². The number of aromatic nitrogens is 2. The molecule has 0 fully saturated rings. The summed E-state index contributed by atoms with van der Waals surface area (Å²) >= 11 is 5.90. The molecule has 0 atom stereocenters. The molecule has 29 heavy (non-hydrogen) atoms. The van der Waals surface area contributed by atoms with Crippen LogP contribution >= 0.6 is 11.6 Å². The van der Waals surface area contributed by atoms with Crippen molar-refractivity contribution in [2.45, 2.75) is 6.61 Å². The van der Waals surface area contributed by atoms with E-state index in [-0.39, 0.29) is 12.3 Å². The second-order valence-corrected chi connectivity index (χ2v) is 6.13. The van der Waals surface area contributed by atoms with Gasteiger partial charge in [-0.25, -0.2) is 13.9 Å². The lowest BCUT2D eigenvalue weighted by molar-refractivity contribution is -0.132. The molecule has 0 saturated carbocycles. The predicted octanol–water partition coefficient (Wildman–Crippen LogP) is 3.93. The minimum absolute atomic E-state index is 0.0967. The number of nitrogens with zero attached hydrogens (tertiary/aromatic N) is 3. The molecule has 1 aromatic heterocycles. The van der Waals surface area contributed by atoms with Crippen molar-refractivity contribution in [3.05, 3.63) is 76.9 Å². The van der Waals surface area contributed by atoms with Crippen molar-refractivity contribution in [1.82, 2.24) is 9.78 Å². The Morgan fingerprint density at radius 2 is 1.93 bits per heavy atom. The summed E-state index contributed by atoms with van der Waals surface area (Å²) in [5, 5.41) is 8.52. The van der Waals surface area contributed by atoms with E-state index in [0.717, 1.165) is 5.69 Å². The van der Waals surface area contributed by atoms with Gasteiger partial charge in [-0.05, 0) is 29.8 Å². The lowest BCUT2D eigenvalue weighted by atomic mass is 10.0. The average Bonchev–Trinajstić information content (AvgIpc) is 3.22. The zero-order valence-corrected chi connectivity index (χ0v) is 16.2. The van der Waals surface area contributed by atoms with Crippen LogP contribution in [0.1, 0.15) is 11.1 Å². The van der Waals surface area contributed by atoms with Crippen LogP contribution in [0.5, 0.6) is 5.88 Å². The van der Waals surface area contributed by atoms with Crippen LogP contribution in [0, 0.1) is 0 Å². The van der Waals surface area contributed by atoms with Crippen LogP contribution in [-0.2, 0) is 21.0 Å². The third-order valence-corrected chi connectivity index (χ3v) is 4.14. The molecule has 0 radical (unpaired) electrons. The van der Waals surface area contributed by atoms with Gasteiger partial charge in [-0.2, -0.15) is 0 Å². The topological polar surface area (TPSA) is 74.9 Å². The lowest BCUT2D eigenvalue weighted by Crippen LogP contribution is -2.20. The molecular weight excluding hydrogens is 401 g/mol. The van der Waals surface area contributed by atoms with Crippen molar-refractivity contribution in [1.29, 1.82) is 0 Å². The summed E-state index contributed by atoms with van der Waals surface area (Å²) in [7, 11) is 1.20.